The Morgan fingerprint density at radius 3 is 2.59 bits per heavy atom. The molecule has 2 aromatic carbocycles. The average molecular weight is 374 g/mol. The van der Waals surface area contributed by atoms with Gasteiger partial charge in [0.15, 0.2) is 11.6 Å². The van der Waals surface area contributed by atoms with Crippen LogP contribution in [0.5, 0.6) is 5.75 Å². The zero-order valence-corrected chi connectivity index (χ0v) is 15.6. The topological polar surface area (TPSA) is 41.6 Å². The SMILES string of the molecule is COc1cccc(C)c1C(=O)NC1CCN(Cc2ccc(F)c(F)c2)CC1. The van der Waals surface area contributed by atoms with Crippen molar-refractivity contribution in [2.45, 2.75) is 32.4 Å². The molecule has 0 radical (unpaired) electrons. The number of carbonyl (C=O) groups is 1. The van der Waals surface area contributed by atoms with Gasteiger partial charge in [0.05, 0.1) is 12.7 Å². The van der Waals surface area contributed by atoms with Gasteiger partial charge in [0, 0.05) is 25.7 Å². The fourth-order valence-electron chi connectivity index (χ4n) is 3.49. The summed E-state index contributed by atoms with van der Waals surface area (Å²) in [6.07, 6.45) is 1.62. The van der Waals surface area contributed by atoms with Crippen LogP contribution in [0.1, 0.15) is 34.3 Å². The van der Waals surface area contributed by atoms with Gasteiger partial charge in [0.25, 0.3) is 5.91 Å². The van der Waals surface area contributed by atoms with Crippen molar-refractivity contribution in [2.24, 2.45) is 0 Å². The molecule has 1 aliphatic heterocycles. The third-order valence-corrected chi connectivity index (χ3v) is 4.99. The quantitative estimate of drug-likeness (QED) is 0.868. The van der Waals surface area contributed by atoms with E-state index in [1.54, 1.807) is 19.2 Å². The van der Waals surface area contributed by atoms with E-state index in [0.29, 0.717) is 17.9 Å². The molecule has 1 saturated heterocycles. The molecule has 1 N–H and O–H groups in total. The summed E-state index contributed by atoms with van der Waals surface area (Å²) in [6.45, 7) is 4.04. The van der Waals surface area contributed by atoms with E-state index in [4.69, 9.17) is 4.74 Å². The Morgan fingerprint density at radius 2 is 1.93 bits per heavy atom. The molecule has 0 aliphatic carbocycles. The molecule has 1 aliphatic rings. The highest BCUT2D eigenvalue weighted by molar-refractivity contribution is 5.98. The van der Waals surface area contributed by atoms with Crippen LogP contribution in [0, 0.1) is 18.6 Å². The fraction of sp³-hybridized carbons (Fsp3) is 0.381. The molecule has 144 valence electrons. The maximum Gasteiger partial charge on any atom is 0.255 e. The maximum atomic E-state index is 13.3. The van der Waals surface area contributed by atoms with Crippen molar-refractivity contribution in [2.75, 3.05) is 20.2 Å². The van der Waals surface area contributed by atoms with Crippen LogP contribution in [-0.2, 0) is 6.54 Å². The molecule has 3 rings (SSSR count). The van der Waals surface area contributed by atoms with Crippen molar-refractivity contribution in [3.8, 4) is 5.75 Å². The second-order valence-electron chi connectivity index (χ2n) is 6.92. The summed E-state index contributed by atoms with van der Waals surface area (Å²) in [7, 11) is 1.56. The van der Waals surface area contributed by atoms with Crippen LogP contribution in [-0.4, -0.2) is 37.0 Å². The Bertz CT molecular complexity index is 818. The van der Waals surface area contributed by atoms with Crippen molar-refractivity contribution < 1.29 is 18.3 Å². The van der Waals surface area contributed by atoms with Crippen molar-refractivity contribution >= 4 is 5.91 Å². The average Bonchev–Trinajstić information content (AvgIpc) is 2.66. The van der Waals surface area contributed by atoms with Gasteiger partial charge in [-0.1, -0.05) is 18.2 Å². The maximum absolute atomic E-state index is 13.3. The second-order valence-corrected chi connectivity index (χ2v) is 6.92. The van der Waals surface area contributed by atoms with Gasteiger partial charge in [0.2, 0.25) is 0 Å². The number of carbonyl (C=O) groups excluding carboxylic acids is 1. The fourth-order valence-corrected chi connectivity index (χ4v) is 3.49. The summed E-state index contributed by atoms with van der Waals surface area (Å²) >= 11 is 0. The lowest BCUT2D eigenvalue weighted by Crippen LogP contribution is -2.44. The number of ether oxygens (including phenoxy) is 1. The van der Waals surface area contributed by atoms with E-state index >= 15 is 0 Å². The third-order valence-electron chi connectivity index (χ3n) is 4.99. The first kappa shape index (κ1) is 19.3. The number of benzene rings is 2. The van der Waals surface area contributed by atoms with Crippen molar-refractivity contribution in [1.29, 1.82) is 0 Å². The van der Waals surface area contributed by atoms with Crippen molar-refractivity contribution in [1.82, 2.24) is 10.2 Å². The summed E-state index contributed by atoms with van der Waals surface area (Å²) in [4.78, 5) is 14.9. The summed E-state index contributed by atoms with van der Waals surface area (Å²) in [5, 5.41) is 3.10. The molecule has 0 spiro atoms. The van der Waals surface area contributed by atoms with E-state index in [1.807, 2.05) is 19.1 Å². The first-order valence-electron chi connectivity index (χ1n) is 9.08. The zero-order chi connectivity index (χ0) is 19.4. The van der Waals surface area contributed by atoms with Gasteiger partial charge in [-0.3, -0.25) is 9.69 Å². The van der Waals surface area contributed by atoms with Crippen LogP contribution in [0.2, 0.25) is 0 Å². The zero-order valence-electron chi connectivity index (χ0n) is 15.6. The highest BCUT2D eigenvalue weighted by Crippen LogP contribution is 2.22. The van der Waals surface area contributed by atoms with Gasteiger partial charge in [-0.25, -0.2) is 8.78 Å². The third kappa shape index (κ3) is 4.63. The van der Waals surface area contributed by atoms with E-state index in [9.17, 15) is 13.6 Å². The van der Waals surface area contributed by atoms with E-state index in [2.05, 4.69) is 10.2 Å². The Kier molecular flexibility index (Phi) is 6.06. The number of halogens is 2. The van der Waals surface area contributed by atoms with Crippen LogP contribution in [0.4, 0.5) is 8.78 Å². The molecule has 6 heteroatoms. The van der Waals surface area contributed by atoms with Crippen molar-refractivity contribution in [3.05, 3.63) is 64.7 Å². The smallest absolute Gasteiger partial charge is 0.255 e. The number of rotatable bonds is 5. The summed E-state index contributed by atoms with van der Waals surface area (Å²) < 4.78 is 31.7. The number of nitrogens with one attached hydrogen (secondary N) is 1. The number of piperidine rings is 1. The molecule has 0 unspecified atom stereocenters. The minimum atomic E-state index is -0.827. The van der Waals surface area contributed by atoms with Crippen LogP contribution in [0.3, 0.4) is 0 Å². The Morgan fingerprint density at radius 1 is 1.19 bits per heavy atom. The molecule has 1 fully saturated rings. The lowest BCUT2D eigenvalue weighted by molar-refractivity contribution is 0.0905. The molecule has 2 aromatic rings. The first-order chi connectivity index (χ1) is 13.0. The predicted molar refractivity (Wildman–Crippen MR) is 99.9 cm³/mol. The van der Waals surface area contributed by atoms with Gasteiger partial charge in [-0.15, -0.1) is 0 Å². The second kappa shape index (κ2) is 8.48. The summed E-state index contributed by atoms with van der Waals surface area (Å²) in [6, 6.07) is 9.64. The number of methoxy groups -OCH3 is 1. The van der Waals surface area contributed by atoms with Gasteiger partial charge in [-0.2, -0.15) is 0 Å². The number of hydrogen-bond donors (Lipinski definition) is 1. The van der Waals surface area contributed by atoms with E-state index < -0.39 is 11.6 Å². The van der Waals surface area contributed by atoms with E-state index in [0.717, 1.165) is 43.1 Å². The minimum absolute atomic E-state index is 0.0861. The van der Waals surface area contributed by atoms with E-state index in [1.165, 1.54) is 6.07 Å². The Hall–Kier alpha value is -2.47. The molecule has 0 bridgehead atoms. The van der Waals surface area contributed by atoms with Crippen LogP contribution >= 0.6 is 0 Å². The van der Waals surface area contributed by atoms with Crippen LogP contribution < -0.4 is 10.1 Å². The summed E-state index contributed by atoms with van der Waals surface area (Å²) in [5.41, 5.74) is 2.20. The Labute approximate surface area is 158 Å². The van der Waals surface area contributed by atoms with Gasteiger partial charge >= 0.3 is 0 Å². The molecule has 0 atom stereocenters. The number of aryl methyl sites for hydroxylation is 1. The lowest BCUT2D eigenvalue weighted by atomic mass is 10.0. The Balaban J connectivity index is 1.55. The molecule has 4 nitrogen and oxygen atoms in total. The number of hydrogen-bond acceptors (Lipinski definition) is 3. The molecule has 27 heavy (non-hydrogen) atoms. The largest absolute Gasteiger partial charge is 0.496 e. The first-order valence-corrected chi connectivity index (χ1v) is 9.08. The standard InChI is InChI=1S/C21H24F2N2O2/c1-14-4-3-5-19(27-2)20(14)21(26)24-16-8-10-25(11-9-16)13-15-6-7-17(22)18(23)12-15/h3-7,12,16H,8-11,13H2,1-2H3,(H,24,26). The molecular weight excluding hydrogens is 350 g/mol. The van der Waals surface area contributed by atoms with Gasteiger partial charge in [0.1, 0.15) is 5.75 Å². The van der Waals surface area contributed by atoms with Crippen molar-refractivity contribution in [3.63, 3.8) is 0 Å². The molecule has 1 amide bonds. The summed E-state index contributed by atoms with van der Waals surface area (Å²) in [5.74, 6) is -1.19. The number of likely N-dealkylation sites (tertiary alicyclic amines) is 1. The normalized spacial score (nSPS) is 15.6. The minimum Gasteiger partial charge on any atom is -0.496 e. The highest BCUT2D eigenvalue weighted by atomic mass is 19.2. The molecular formula is C21H24F2N2O2. The predicted octanol–water partition coefficient (Wildman–Crippen LogP) is 3.68. The number of amides is 1. The molecule has 0 saturated carbocycles. The molecule has 0 aromatic heterocycles. The lowest BCUT2D eigenvalue weighted by Gasteiger charge is -2.32. The van der Waals surface area contributed by atoms with Crippen LogP contribution in [0.25, 0.3) is 0 Å². The highest BCUT2D eigenvalue weighted by Gasteiger charge is 2.23. The van der Waals surface area contributed by atoms with E-state index in [-0.39, 0.29) is 11.9 Å². The molecule has 1 heterocycles. The monoisotopic (exact) mass is 374 g/mol. The number of nitrogens with zero attached hydrogens (tertiary/aromatic N) is 1. The van der Waals surface area contributed by atoms with Gasteiger partial charge < -0.3 is 10.1 Å². The van der Waals surface area contributed by atoms with Crippen LogP contribution in [0.15, 0.2) is 36.4 Å². The van der Waals surface area contributed by atoms with Gasteiger partial charge in [-0.05, 0) is 49.1 Å².